The number of pyridine rings is 1. The number of hydrogen-bond donors (Lipinski definition) is 2. The number of aromatic nitrogens is 3. The average Bonchev–Trinajstić information content (AvgIpc) is 3.08. The molecule has 0 saturated carbocycles. The van der Waals surface area contributed by atoms with Crippen LogP contribution in [0.3, 0.4) is 0 Å². The molecule has 1 aromatic carbocycles. The molecule has 0 spiro atoms. The van der Waals surface area contributed by atoms with Crippen molar-refractivity contribution in [3.8, 4) is 5.69 Å². The molecule has 0 aliphatic carbocycles. The zero-order valence-electron chi connectivity index (χ0n) is 12.6. The van der Waals surface area contributed by atoms with Crippen molar-refractivity contribution in [2.45, 2.75) is 0 Å². The van der Waals surface area contributed by atoms with Gasteiger partial charge in [-0.25, -0.2) is 9.67 Å². The van der Waals surface area contributed by atoms with Gasteiger partial charge >= 0.3 is 0 Å². The van der Waals surface area contributed by atoms with Crippen molar-refractivity contribution in [1.29, 1.82) is 0 Å². The Kier molecular flexibility index (Phi) is 4.82. The van der Waals surface area contributed by atoms with Crippen LogP contribution in [-0.4, -0.2) is 26.6 Å². The Morgan fingerprint density at radius 1 is 1.20 bits per heavy atom. The number of anilines is 1. The Labute approximate surface area is 155 Å². The van der Waals surface area contributed by atoms with Gasteiger partial charge in [0.1, 0.15) is 10.8 Å². The first-order chi connectivity index (χ1) is 11.9. The average molecular weight is 421 g/mol. The van der Waals surface area contributed by atoms with Crippen molar-refractivity contribution < 1.29 is 9.59 Å². The molecule has 2 amide bonds. The minimum Gasteiger partial charge on any atom is -0.364 e. The van der Waals surface area contributed by atoms with Crippen molar-refractivity contribution in [1.82, 2.24) is 14.8 Å². The van der Waals surface area contributed by atoms with Gasteiger partial charge in [0.05, 0.1) is 11.3 Å². The summed E-state index contributed by atoms with van der Waals surface area (Å²) in [5.74, 6) is -0.969. The smallest absolute Gasteiger partial charge is 0.269 e. The molecule has 0 unspecified atom stereocenters. The first-order valence-corrected chi connectivity index (χ1v) is 8.19. The third-order valence-corrected chi connectivity index (χ3v) is 4.02. The van der Waals surface area contributed by atoms with E-state index in [4.69, 9.17) is 17.3 Å². The van der Waals surface area contributed by atoms with Crippen LogP contribution in [0.15, 0.2) is 53.3 Å². The second-order valence-electron chi connectivity index (χ2n) is 5.00. The predicted molar refractivity (Wildman–Crippen MR) is 97.0 cm³/mol. The summed E-state index contributed by atoms with van der Waals surface area (Å²) >= 11 is 9.20. The summed E-state index contributed by atoms with van der Waals surface area (Å²) in [5, 5.41) is 6.92. The van der Waals surface area contributed by atoms with Gasteiger partial charge in [0.2, 0.25) is 0 Å². The highest BCUT2D eigenvalue weighted by atomic mass is 79.9. The summed E-state index contributed by atoms with van der Waals surface area (Å²) in [5.41, 5.74) is 6.91. The number of benzene rings is 1. The number of primary amides is 1. The van der Waals surface area contributed by atoms with Gasteiger partial charge in [-0.1, -0.05) is 11.6 Å². The van der Waals surface area contributed by atoms with Gasteiger partial charge in [0, 0.05) is 22.6 Å². The summed E-state index contributed by atoms with van der Waals surface area (Å²) in [6.07, 6.45) is 3.14. The van der Waals surface area contributed by atoms with Crippen LogP contribution in [0, 0.1) is 0 Å². The number of rotatable bonds is 4. The predicted octanol–water partition coefficient (Wildman–Crippen LogP) is 3.03. The number of hydrogen-bond acceptors (Lipinski definition) is 4. The molecule has 3 rings (SSSR count). The SMILES string of the molecule is NC(=O)c1ccn(-c2ccc(NC(=O)c3cc(Br)cnc3Cl)cc2)n1. The lowest BCUT2D eigenvalue weighted by Gasteiger charge is -2.08. The van der Waals surface area contributed by atoms with Gasteiger partial charge in [0.25, 0.3) is 11.8 Å². The Balaban J connectivity index is 1.77. The van der Waals surface area contributed by atoms with Gasteiger partial charge in [-0.05, 0) is 52.3 Å². The Morgan fingerprint density at radius 3 is 2.56 bits per heavy atom. The molecule has 2 heterocycles. The topological polar surface area (TPSA) is 103 Å². The highest BCUT2D eigenvalue weighted by Gasteiger charge is 2.13. The van der Waals surface area contributed by atoms with Crippen LogP contribution in [0.5, 0.6) is 0 Å². The lowest BCUT2D eigenvalue weighted by Crippen LogP contribution is -2.13. The maximum absolute atomic E-state index is 12.3. The summed E-state index contributed by atoms with van der Waals surface area (Å²) < 4.78 is 2.17. The molecular formula is C16H11BrClN5O2. The second-order valence-corrected chi connectivity index (χ2v) is 6.28. The molecule has 25 heavy (non-hydrogen) atoms. The van der Waals surface area contributed by atoms with Crippen LogP contribution in [0.2, 0.25) is 5.15 Å². The minimum atomic E-state index is -0.595. The molecule has 0 saturated heterocycles. The van der Waals surface area contributed by atoms with Gasteiger partial charge in [-0.3, -0.25) is 9.59 Å². The molecule has 0 fully saturated rings. The van der Waals surface area contributed by atoms with Gasteiger partial charge < -0.3 is 11.1 Å². The molecule has 126 valence electrons. The van der Waals surface area contributed by atoms with Crippen LogP contribution >= 0.6 is 27.5 Å². The standard InChI is InChI=1S/C16H11BrClN5O2/c17-9-7-12(14(18)20-8-9)16(25)21-10-1-3-11(4-2-10)23-6-5-13(22-23)15(19)24/h1-8H,(H2,19,24)(H,21,25). The normalized spacial score (nSPS) is 10.5. The Morgan fingerprint density at radius 2 is 1.92 bits per heavy atom. The van der Waals surface area contributed by atoms with E-state index in [1.165, 1.54) is 16.9 Å². The fourth-order valence-corrected chi connectivity index (χ4v) is 2.60. The van der Waals surface area contributed by atoms with Crippen molar-refractivity contribution in [2.75, 3.05) is 5.32 Å². The number of nitrogens with two attached hydrogens (primary N) is 1. The zero-order chi connectivity index (χ0) is 18.0. The van der Waals surface area contributed by atoms with E-state index in [0.29, 0.717) is 15.8 Å². The van der Waals surface area contributed by atoms with E-state index in [2.05, 4.69) is 31.3 Å². The van der Waals surface area contributed by atoms with Crippen LogP contribution in [0.4, 0.5) is 5.69 Å². The number of carbonyl (C=O) groups excluding carboxylic acids is 2. The van der Waals surface area contributed by atoms with E-state index < -0.39 is 5.91 Å². The maximum Gasteiger partial charge on any atom is 0.269 e. The largest absolute Gasteiger partial charge is 0.364 e. The second kappa shape index (κ2) is 7.04. The molecule has 0 aliphatic heterocycles. The highest BCUT2D eigenvalue weighted by molar-refractivity contribution is 9.10. The van der Waals surface area contributed by atoms with E-state index in [1.807, 2.05) is 0 Å². The highest BCUT2D eigenvalue weighted by Crippen LogP contribution is 2.20. The molecule has 9 heteroatoms. The van der Waals surface area contributed by atoms with Crippen molar-refractivity contribution in [3.63, 3.8) is 0 Å². The molecule has 0 bridgehead atoms. The summed E-state index contributed by atoms with van der Waals surface area (Å²) in [4.78, 5) is 27.3. The molecule has 0 aliphatic rings. The van der Waals surface area contributed by atoms with Crippen LogP contribution < -0.4 is 11.1 Å². The molecule has 0 atom stereocenters. The number of halogens is 2. The van der Waals surface area contributed by atoms with E-state index in [-0.39, 0.29) is 22.3 Å². The first-order valence-electron chi connectivity index (χ1n) is 7.02. The van der Waals surface area contributed by atoms with E-state index >= 15 is 0 Å². The lowest BCUT2D eigenvalue weighted by molar-refractivity contribution is 0.0993. The van der Waals surface area contributed by atoms with Crippen molar-refractivity contribution in [3.05, 3.63) is 69.7 Å². The number of nitrogens with one attached hydrogen (secondary N) is 1. The Hall–Kier alpha value is -2.71. The van der Waals surface area contributed by atoms with Crippen LogP contribution in [-0.2, 0) is 0 Å². The first kappa shape index (κ1) is 17.1. The molecular weight excluding hydrogens is 410 g/mol. The summed E-state index contributed by atoms with van der Waals surface area (Å²) in [6.45, 7) is 0. The fraction of sp³-hybridized carbons (Fsp3) is 0. The van der Waals surface area contributed by atoms with Crippen LogP contribution in [0.25, 0.3) is 5.69 Å². The number of carbonyl (C=O) groups is 2. The molecule has 3 N–H and O–H groups in total. The molecule has 7 nitrogen and oxygen atoms in total. The summed E-state index contributed by atoms with van der Waals surface area (Å²) in [6, 6.07) is 10.0. The maximum atomic E-state index is 12.3. The monoisotopic (exact) mass is 419 g/mol. The number of amides is 2. The van der Waals surface area contributed by atoms with Crippen molar-refractivity contribution >= 4 is 45.0 Å². The third kappa shape index (κ3) is 3.86. The van der Waals surface area contributed by atoms with Gasteiger partial charge in [-0.15, -0.1) is 0 Å². The van der Waals surface area contributed by atoms with E-state index in [9.17, 15) is 9.59 Å². The van der Waals surface area contributed by atoms with Gasteiger partial charge in [0.15, 0.2) is 0 Å². The summed E-state index contributed by atoms with van der Waals surface area (Å²) in [7, 11) is 0. The molecule has 2 aromatic heterocycles. The van der Waals surface area contributed by atoms with Crippen molar-refractivity contribution in [2.24, 2.45) is 5.73 Å². The fourth-order valence-electron chi connectivity index (χ4n) is 2.08. The van der Waals surface area contributed by atoms with E-state index in [1.54, 1.807) is 36.5 Å². The molecule has 3 aromatic rings. The van der Waals surface area contributed by atoms with E-state index in [0.717, 1.165) is 0 Å². The minimum absolute atomic E-state index is 0.118. The third-order valence-electron chi connectivity index (χ3n) is 3.28. The zero-order valence-corrected chi connectivity index (χ0v) is 15.0. The lowest BCUT2D eigenvalue weighted by atomic mass is 10.2. The molecule has 0 radical (unpaired) electrons. The van der Waals surface area contributed by atoms with Gasteiger partial charge in [-0.2, -0.15) is 5.10 Å². The number of nitrogens with zero attached hydrogens (tertiary/aromatic N) is 3. The quantitative estimate of drug-likeness (QED) is 0.633. The van der Waals surface area contributed by atoms with Crippen LogP contribution in [0.1, 0.15) is 20.8 Å². The Bertz CT molecular complexity index is 955.